The standard InChI is InChI=1S/C15H20N4/c1-15(2)8-7-12(11-15)17-13-5-3-4-6-14(13)19-10-9-16-18-19/h3-6,9-10,12,17H,7-8,11H2,1-2H3. The van der Waals surface area contributed by atoms with E-state index >= 15 is 0 Å². The van der Waals surface area contributed by atoms with Crippen LogP contribution >= 0.6 is 0 Å². The molecule has 0 radical (unpaired) electrons. The molecule has 4 heteroatoms. The number of nitrogens with zero attached hydrogens (tertiary/aromatic N) is 3. The molecule has 0 saturated heterocycles. The highest BCUT2D eigenvalue weighted by molar-refractivity contribution is 5.61. The molecule has 1 aromatic carbocycles. The molecule has 3 rings (SSSR count). The number of benzene rings is 1. The molecule has 1 heterocycles. The van der Waals surface area contributed by atoms with Crippen LogP contribution < -0.4 is 5.32 Å². The van der Waals surface area contributed by atoms with Crippen molar-refractivity contribution in [1.82, 2.24) is 15.0 Å². The maximum Gasteiger partial charge on any atom is 0.0894 e. The predicted molar refractivity (Wildman–Crippen MR) is 76.4 cm³/mol. The van der Waals surface area contributed by atoms with Gasteiger partial charge >= 0.3 is 0 Å². The van der Waals surface area contributed by atoms with Crippen molar-refractivity contribution in [2.75, 3.05) is 5.32 Å². The molecular weight excluding hydrogens is 236 g/mol. The van der Waals surface area contributed by atoms with Crippen LogP contribution in [0.4, 0.5) is 5.69 Å². The summed E-state index contributed by atoms with van der Waals surface area (Å²) >= 11 is 0. The quantitative estimate of drug-likeness (QED) is 0.916. The molecule has 1 aliphatic rings. The Kier molecular flexibility index (Phi) is 3.01. The highest BCUT2D eigenvalue weighted by atomic mass is 15.4. The van der Waals surface area contributed by atoms with Gasteiger partial charge < -0.3 is 5.32 Å². The number of para-hydroxylation sites is 2. The van der Waals surface area contributed by atoms with Crippen LogP contribution in [0.5, 0.6) is 0 Å². The van der Waals surface area contributed by atoms with Gasteiger partial charge in [0.2, 0.25) is 0 Å². The Morgan fingerprint density at radius 3 is 2.84 bits per heavy atom. The van der Waals surface area contributed by atoms with E-state index in [1.54, 1.807) is 6.20 Å². The second-order valence-electron chi connectivity index (χ2n) is 6.11. The van der Waals surface area contributed by atoms with Crippen LogP contribution in [0.2, 0.25) is 0 Å². The minimum Gasteiger partial charge on any atom is -0.381 e. The summed E-state index contributed by atoms with van der Waals surface area (Å²) in [5.74, 6) is 0. The number of anilines is 1. The number of aromatic nitrogens is 3. The molecule has 1 aliphatic carbocycles. The van der Waals surface area contributed by atoms with E-state index < -0.39 is 0 Å². The molecule has 2 aromatic rings. The lowest BCUT2D eigenvalue weighted by Gasteiger charge is -2.20. The van der Waals surface area contributed by atoms with Crippen molar-refractivity contribution in [1.29, 1.82) is 0 Å². The first-order valence-corrected chi connectivity index (χ1v) is 6.86. The molecule has 1 unspecified atom stereocenters. The second kappa shape index (κ2) is 4.68. The van der Waals surface area contributed by atoms with E-state index in [4.69, 9.17) is 0 Å². The second-order valence-corrected chi connectivity index (χ2v) is 6.11. The topological polar surface area (TPSA) is 42.7 Å². The van der Waals surface area contributed by atoms with Crippen LogP contribution in [0.15, 0.2) is 36.7 Å². The molecule has 0 aliphatic heterocycles. The molecule has 1 fully saturated rings. The Labute approximate surface area is 113 Å². The normalized spacial score (nSPS) is 21.5. The molecule has 19 heavy (non-hydrogen) atoms. The number of rotatable bonds is 3. The van der Waals surface area contributed by atoms with Crippen LogP contribution in [0.3, 0.4) is 0 Å². The molecule has 1 atom stereocenters. The molecule has 1 N–H and O–H groups in total. The first-order chi connectivity index (χ1) is 9.14. The van der Waals surface area contributed by atoms with Gasteiger partial charge in [0.1, 0.15) is 0 Å². The van der Waals surface area contributed by atoms with Crippen molar-refractivity contribution < 1.29 is 0 Å². The fraction of sp³-hybridized carbons (Fsp3) is 0.467. The van der Waals surface area contributed by atoms with Crippen molar-refractivity contribution in [2.24, 2.45) is 5.41 Å². The van der Waals surface area contributed by atoms with E-state index in [0.717, 1.165) is 11.4 Å². The molecule has 1 aromatic heterocycles. The van der Waals surface area contributed by atoms with Crippen LogP contribution in [0.25, 0.3) is 5.69 Å². The smallest absolute Gasteiger partial charge is 0.0894 e. The van der Waals surface area contributed by atoms with Gasteiger partial charge in [-0.3, -0.25) is 0 Å². The Hall–Kier alpha value is -1.84. The average molecular weight is 256 g/mol. The summed E-state index contributed by atoms with van der Waals surface area (Å²) in [7, 11) is 0. The Balaban J connectivity index is 1.82. The fourth-order valence-corrected chi connectivity index (χ4v) is 2.91. The van der Waals surface area contributed by atoms with E-state index in [-0.39, 0.29) is 0 Å². The van der Waals surface area contributed by atoms with Gasteiger partial charge in [-0.25, -0.2) is 4.68 Å². The van der Waals surface area contributed by atoms with Gasteiger partial charge in [-0.1, -0.05) is 31.2 Å². The van der Waals surface area contributed by atoms with E-state index in [1.807, 2.05) is 16.9 Å². The van der Waals surface area contributed by atoms with Crippen molar-refractivity contribution in [2.45, 2.75) is 39.2 Å². The summed E-state index contributed by atoms with van der Waals surface area (Å²) in [6.45, 7) is 4.69. The zero-order chi connectivity index (χ0) is 13.3. The Morgan fingerprint density at radius 1 is 1.32 bits per heavy atom. The third-order valence-corrected chi connectivity index (χ3v) is 3.90. The number of hydrogen-bond acceptors (Lipinski definition) is 3. The summed E-state index contributed by atoms with van der Waals surface area (Å²) in [5, 5.41) is 11.6. The van der Waals surface area contributed by atoms with Crippen LogP contribution in [0.1, 0.15) is 33.1 Å². The third-order valence-electron chi connectivity index (χ3n) is 3.90. The highest BCUT2D eigenvalue weighted by Crippen LogP contribution is 2.38. The van der Waals surface area contributed by atoms with Crippen molar-refractivity contribution >= 4 is 5.69 Å². The Bertz CT molecular complexity index is 545. The van der Waals surface area contributed by atoms with Gasteiger partial charge in [-0.05, 0) is 36.8 Å². The molecule has 0 bridgehead atoms. The maximum absolute atomic E-state index is 4.08. The van der Waals surface area contributed by atoms with Crippen molar-refractivity contribution in [3.63, 3.8) is 0 Å². The molecule has 0 spiro atoms. The lowest BCUT2D eigenvalue weighted by molar-refractivity contribution is 0.378. The fourth-order valence-electron chi connectivity index (χ4n) is 2.91. The van der Waals surface area contributed by atoms with Gasteiger partial charge in [-0.15, -0.1) is 5.10 Å². The van der Waals surface area contributed by atoms with E-state index in [0.29, 0.717) is 11.5 Å². The highest BCUT2D eigenvalue weighted by Gasteiger charge is 2.31. The number of nitrogens with one attached hydrogen (secondary N) is 1. The average Bonchev–Trinajstić information content (AvgIpc) is 3.00. The maximum atomic E-state index is 4.08. The lowest BCUT2D eigenvalue weighted by atomic mass is 9.92. The molecule has 4 nitrogen and oxygen atoms in total. The summed E-state index contributed by atoms with van der Waals surface area (Å²) in [6, 6.07) is 8.82. The van der Waals surface area contributed by atoms with Gasteiger partial charge in [0.05, 0.1) is 23.8 Å². The van der Waals surface area contributed by atoms with Gasteiger partial charge in [0.25, 0.3) is 0 Å². The van der Waals surface area contributed by atoms with Crippen LogP contribution in [-0.4, -0.2) is 21.0 Å². The zero-order valence-corrected chi connectivity index (χ0v) is 11.5. The molecular formula is C15H20N4. The molecule has 1 saturated carbocycles. The van der Waals surface area contributed by atoms with Gasteiger partial charge in [0, 0.05) is 6.04 Å². The minimum absolute atomic E-state index is 0.458. The third kappa shape index (κ3) is 2.62. The first kappa shape index (κ1) is 12.2. The number of hydrogen-bond donors (Lipinski definition) is 1. The largest absolute Gasteiger partial charge is 0.381 e. The van der Waals surface area contributed by atoms with E-state index in [1.165, 1.54) is 19.3 Å². The zero-order valence-electron chi connectivity index (χ0n) is 11.5. The molecule has 0 amide bonds. The van der Waals surface area contributed by atoms with E-state index in [9.17, 15) is 0 Å². The van der Waals surface area contributed by atoms with Crippen LogP contribution in [-0.2, 0) is 0 Å². The SMILES string of the molecule is CC1(C)CCC(Nc2ccccc2-n2ccnn2)C1. The minimum atomic E-state index is 0.458. The van der Waals surface area contributed by atoms with Crippen molar-refractivity contribution in [3.05, 3.63) is 36.7 Å². The summed E-state index contributed by atoms with van der Waals surface area (Å²) in [4.78, 5) is 0. The molecule has 100 valence electrons. The summed E-state index contributed by atoms with van der Waals surface area (Å²) in [5.41, 5.74) is 2.65. The lowest BCUT2D eigenvalue weighted by Crippen LogP contribution is -2.18. The Morgan fingerprint density at radius 2 is 2.16 bits per heavy atom. The van der Waals surface area contributed by atoms with E-state index in [2.05, 4.69) is 47.7 Å². The summed E-state index contributed by atoms with van der Waals surface area (Å²) in [6.07, 6.45) is 7.32. The van der Waals surface area contributed by atoms with Gasteiger partial charge in [0.15, 0.2) is 0 Å². The van der Waals surface area contributed by atoms with Crippen molar-refractivity contribution in [3.8, 4) is 5.69 Å². The monoisotopic (exact) mass is 256 g/mol. The predicted octanol–water partition coefficient (Wildman–Crippen LogP) is 3.26. The van der Waals surface area contributed by atoms with Gasteiger partial charge in [-0.2, -0.15) is 0 Å². The summed E-state index contributed by atoms with van der Waals surface area (Å²) < 4.78 is 1.81. The van der Waals surface area contributed by atoms with Crippen LogP contribution in [0, 0.1) is 5.41 Å². The first-order valence-electron chi connectivity index (χ1n) is 6.86.